The molecule has 0 aliphatic rings. The van der Waals surface area contributed by atoms with Crippen LogP contribution in [0.5, 0.6) is 0 Å². The Balaban J connectivity index is 2.35. The first-order valence-corrected chi connectivity index (χ1v) is 6.62. The lowest BCUT2D eigenvalue weighted by Gasteiger charge is -2.09. The van der Waals surface area contributed by atoms with Crippen LogP contribution in [-0.4, -0.2) is 49.1 Å². The molecule has 0 radical (unpaired) electrons. The predicted octanol–water partition coefficient (Wildman–Crippen LogP) is 0.281. The molecule has 0 aromatic carbocycles. The number of ether oxygens (including phenoxy) is 1. The lowest BCUT2D eigenvalue weighted by atomic mass is 10.2. The molecule has 0 fully saturated rings. The molecule has 2 rings (SSSR count). The van der Waals surface area contributed by atoms with Gasteiger partial charge < -0.3 is 15.2 Å². The maximum atomic E-state index is 12.4. The molecule has 23 heavy (non-hydrogen) atoms. The van der Waals surface area contributed by atoms with E-state index in [4.69, 9.17) is 9.84 Å². The van der Waals surface area contributed by atoms with Crippen LogP contribution in [0.15, 0.2) is 12.4 Å². The number of carboxylic acid groups (broad SMARTS) is 1. The third-order valence-electron chi connectivity index (χ3n) is 3.05. The molecule has 2 heterocycles. The zero-order valence-electron chi connectivity index (χ0n) is 12.7. The Morgan fingerprint density at radius 1 is 1.17 bits per heavy atom. The number of hydrogen-bond acceptors (Lipinski definition) is 6. The molecule has 2 N–H and O–H groups in total. The van der Waals surface area contributed by atoms with E-state index in [1.807, 2.05) is 0 Å². The second-order valence-corrected chi connectivity index (χ2v) is 4.54. The van der Waals surface area contributed by atoms with Crippen molar-refractivity contribution in [2.45, 2.75) is 6.92 Å². The minimum Gasteiger partial charge on any atom is -0.478 e. The van der Waals surface area contributed by atoms with Gasteiger partial charge in [0.2, 0.25) is 0 Å². The van der Waals surface area contributed by atoms with Crippen LogP contribution >= 0.6 is 0 Å². The van der Waals surface area contributed by atoms with Crippen molar-refractivity contribution in [2.75, 3.05) is 11.9 Å². The van der Waals surface area contributed by atoms with Crippen LogP contribution in [-0.2, 0) is 18.8 Å². The molecule has 1 amide bonds. The molecule has 122 valence electrons. The van der Waals surface area contributed by atoms with Crippen molar-refractivity contribution in [3.05, 3.63) is 29.2 Å². The van der Waals surface area contributed by atoms with E-state index in [2.05, 4.69) is 15.5 Å². The predicted molar refractivity (Wildman–Crippen MR) is 77.3 cm³/mol. The summed E-state index contributed by atoms with van der Waals surface area (Å²) in [5.41, 5.74) is -0.319. The summed E-state index contributed by atoms with van der Waals surface area (Å²) in [5, 5.41) is 19.2. The summed E-state index contributed by atoms with van der Waals surface area (Å²) in [6.07, 6.45) is 2.34. The summed E-state index contributed by atoms with van der Waals surface area (Å²) >= 11 is 0. The van der Waals surface area contributed by atoms with Crippen molar-refractivity contribution in [1.29, 1.82) is 0 Å². The Hall–Kier alpha value is -3.17. The molecular formula is C13H15N5O5. The number of aryl methyl sites for hydroxylation is 2. The molecule has 0 aliphatic heterocycles. The smallest absolute Gasteiger partial charge is 0.343 e. The highest BCUT2D eigenvalue weighted by molar-refractivity contribution is 6.11. The number of carboxylic acids is 1. The second kappa shape index (κ2) is 6.30. The summed E-state index contributed by atoms with van der Waals surface area (Å²) in [7, 11) is 2.97. The van der Waals surface area contributed by atoms with E-state index in [0.717, 1.165) is 10.9 Å². The highest BCUT2D eigenvalue weighted by Gasteiger charge is 2.25. The fraction of sp³-hybridized carbons (Fsp3) is 0.308. The number of rotatable bonds is 5. The van der Waals surface area contributed by atoms with Crippen molar-refractivity contribution in [3.63, 3.8) is 0 Å². The summed E-state index contributed by atoms with van der Waals surface area (Å²) in [5.74, 6) is -2.54. The van der Waals surface area contributed by atoms with Crippen LogP contribution < -0.4 is 5.32 Å². The Morgan fingerprint density at radius 3 is 2.39 bits per heavy atom. The molecule has 0 unspecified atom stereocenters. The average molecular weight is 321 g/mol. The van der Waals surface area contributed by atoms with E-state index in [-0.39, 0.29) is 29.2 Å². The Labute approximate surface area is 130 Å². The minimum atomic E-state index is -1.28. The largest absolute Gasteiger partial charge is 0.478 e. The van der Waals surface area contributed by atoms with Crippen LogP contribution in [0, 0.1) is 0 Å². The van der Waals surface area contributed by atoms with E-state index < -0.39 is 17.8 Å². The first-order chi connectivity index (χ1) is 10.9. The number of anilines is 1. The highest BCUT2D eigenvalue weighted by atomic mass is 16.5. The standard InChI is InChI=1S/C13H15N5O5/c1-4-23-13(22)8-6-15-18(3)10(8)16-11(19)9-7(12(20)21)5-14-17(9)2/h5-6H,4H2,1-3H3,(H,16,19)(H,20,21). The van der Waals surface area contributed by atoms with E-state index >= 15 is 0 Å². The number of carbonyl (C=O) groups is 3. The van der Waals surface area contributed by atoms with E-state index in [9.17, 15) is 14.4 Å². The van der Waals surface area contributed by atoms with Gasteiger partial charge in [-0.1, -0.05) is 0 Å². The number of hydrogen-bond donors (Lipinski definition) is 2. The number of nitrogens with one attached hydrogen (secondary N) is 1. The monoisotopic (exact) mass is 321 g/mol. The van der Waals surface area contributed by atoms with Gasteiger partial charge in [-0.3, -0.25) is 14.2 Å². The topological polar surface area (TPSA) is 128 Å². The summed E-state index contributed by atoms with van der Waals surface area (Å²) in [4.78, 5) is 35.4. The fourth-order valence-corrected chi connectivity index (χ4v) is 1.97. The van der Waals surface area contributed by atoms with Crippen molar-refractivity contribution >= 4 is 23.7 Å². The van der Waals surface area contributed by atoms with E-state index in [0.29, 0.717) is 0 Å². The van der Waals surface area contributed by atoms with Crippen LogP contribution in [0.2, 0.25) is 0 Å². The first kappa shape index (κ1) is 16.2. The van der Waals surface area contributed by atoms with Gasteiger partial charge in [-0.25, -0.2) is 9.59 Å². The molecule has 0 spiro atoms. The van der Waals surface area contributed by atoms with Gasteiger partial charge in [-0.05, 0) is 6.92 Å². The maximum absolute atomic E-state index is 12.4. The van der Waals surface area contributed by atoms with E-state index in [1.54, 1.807) is 6.92 Å². The van der Waals surface area contributed by atoms with Crippen LogP contribution in [0.25, 0.3) is 0 Å². The average Bonchev–Trinajstić information content (AvgIpc) is 3.03. The van der Waals surface area contributed by atoms with Gasteiger partial charge in [0, 0.05) is 14.1 Å². The lowest BCUT2D eigenvalue weighted by Crippen LogP contribution is -2.22. The SMILES string of the molecule is CCOC(=O)c1cnn(C)c1NC(=O)c1c(C(=O)O)cnn1C. The third-order valence-corrected chi connectivity index (χ3v) is 3.05. The maximum Gasteiger partial charge on any atom is 0.343 e. The number of esters is 1. The van der Waals surface area contributed by atoms with Gasteiger partial charge in [0.15, 0.2) is 0 Å². The summed E-state index contributed by atoms with van der Waals surface area (Å²) < 4.78 is 7.30. The van der Waals surface area contributed by atoms with Crippen molar-refractivity contribution in [2.24, 2.45) is 14.1 Å². The number of aromatic carboxylic acids is 1. The number of amides is 1. The van der Waals surface area contributed by atoms with Crippen molar-refractivity contribution in [3.8, 4) is 0 Å². The number of nitrogens with zero attached hydrogens (tertiary/aromatic N) is 4. The second-order valence-electron chi connectivity index (χ2n) is 4.54. The fourth-order valence-electron chi connectivity index (χ4n) is 1.97. The van der Waals surface area contributed by atoms with Gasteiger partial charge >= 0.3 is 11.9 Å². The van der Waals surface area contributed by atoms with Gasteiger partial charge in [-0.15, -0.1) is 0 Å². The van der Waals surface area contributed by atoms with Gasteiger partial charge in [0.25, 0.3) is 5.91 Å². The molecule has 10 heteroatoms. The Bertz CT molecular complexity index is 776. The normalized spacial score (nSPS) is 10.4. The first-order valence-electron chi connectivity index (χ1n) is 6.62. The van der Waals surface area contributed by atoms with Crippen molar-refractivity contribution < 1.29 is 24.2 Å². The van der Waals surface area contributed by atoms with Gasteiger partial charge in [0.1, 0.15) is 22.6 Å². The van der Waals surface area contributed by atoms with Crippen molar-refractivity contribution in [1.82, 2.24) is 19.6 Å². The van der Waals surface area contributed by atoms with Crippen LogP contribution in [0.4, 0.5) is 5.82 Å². The summed E-state index contributed by atoms with van der Waals surface area (Å²) in [6.45, 7) is 1.83. The van der Waals surface area contributed by atoms with Gasteiger partial charge in [0.05, 0.1) is 19.0 Å². The van der Waals surface area contributed by atoms with Gasteiger partial charge in [-0.2, -0.15) is 10.2 Å². The zero-order chi connectivity index (χ0) is 17.1. The highest BCUT2D eigenvalue weighted by Crippen LogP contribution is 2.17. The molecule has 2 aromatic rings. The lowest BCUT2D eigenvalue weighted by molar-refractivity contribution is 0.0527. The molecular weight excluding hydrogens is 306 g/mol. The zero-order valence-corrected chi connectivity index (χ0v) is 12.7. The molecule has 0 saturated carbocycles. The minimum absolute atomic E-state index is 0.0711. The number of carbonyl (C=O) groups excluding carboxylic acids is 2. The van der Waals surface area contributed by atoms with Crippen LogP contribution in [0.3, 0.4) is 0 Å². The molecule has 0 atom stereocenters. The molecule has 0 saturated heterocycles. The van der Waals surface area contributed by atoms with Crippen LogP contribution in [0.1, 0.15) is 38.1 Å². The number of aromatic nitrogens is 4. The molecule has 0 aliphatic carbocycles. The Morgan fingerprint density at radius 2 is 1.78 bits per heavy atom. The van der Waals surface area contributed by atoms with E-state index in [1.165, 1.54) is 25.0 Å². The molecule has 0 bridgehead atoms. The quantitative estimate of drug-likeness (QED) is 0.757. The molecule has 2 aromatic heterocycles. The molecule has 10 nitrogen and oxygen atoms in total. The Kier molecular flexibility index (Phi) is 4.44. The third kappa shape index (κ3) is 3.05. The summed E-state index contributed by atoms with van der Waals surface area (Å²) in [6, 6.07) is 0.